The van der Waals surface area contributed by atoms with Gasteiger partial charge in [-0.25, -0.2) is 15.0 Å². The Kier molecular flexibility index (Phi) is 6.57. The van der Waals surface area contributed by atoms with Crippen molar-refractivity contribution in [1.82, 2.24) is 19.5 Å². The lowest BCUT2D eigenvalue weighted by atomic mass is 10.1. The molecule has 10 heteroatoms. The number of hydrogen-bond acceptors (Lipinski definition) is 8. The van der Waals surface area contributed by atoms with Gasteiger partial charge in [0.1, 0.15) is 24.1 Å². The molecule has 0 aliphatic carbocycles. The minimum Gasteiger partial charge on any atom is -0.394 e. The Morgan fingerprint density at radius 2 is 1.96 bits per heavy atom. The molecular formula is C13H19ClN4O4S. The molecule has 0 radical (unpaired) electrons. The number of halogens is 1. The standard InChI is InChI=1S/C13H19ClN4O4S/c1-2-23-9(3-7(20)11(22)8(21)4-19)18-6-17-10-12(14)15-5-16-13(10)18/h5-9,11,19-22H,2-4H2,1H3. The lowest BCUT2D eigenvalue weighted by Crippen LogP contribution is -2.40. The Morgan fingerprint density at radius 1 is 1.22 bits per heavy atom. The highest BCUT2D eigenvalue weighted by atomic mass is 35.5. The number of aromatic nitrogens is 4. The first-order valence-electron chi connectivity index (χ1n) is 7.09. The minimum atomic E-state index is -1.44. The first-order valence-corrected chi connectivity index (χ1v) is 8.51. The van der Waals surface area contributed by atoms with Crippen LogP contribution >= 0.6 is 23.4 Å². The van der Waals surface area contributed by atoms with Crippen LogP contribution < -0.4 is 0 Å². The normalized spacial score (nSPS) is 17.1. The quantitative estimate of drug-likeness (QED) is 0.491. The van der Waals surface area contributed by atoms with E-state index >= 15 is 0 Å². The van der Waals surface area contributed by atoms with Crippen LogP contribution in [0.1, 0.15) is 18.7 Å². The summed E-state index contributed by atoms with van der Waals surface area (Å²) in [4.78, 5) is 12.2. The van der Waals surface area contributed by atoms with E-state index < -0.39 is 24.9 Å². The first kappa shape index (κ1) is 18.4. The lowest BCUT2D eigenvalue weighted by Gasteiger charge is -2.26. The van der Waals surface area contributed by atoms with Gasteiger partial charge in [-0.2, -0.15) is 0 Å². The molecule has 0 fully saturated rings. The molecule has 8 nitrogen and oxygen atoms in total. The van der Waals surface area contributed by atoms with E-state index in [1.54, 1.807) is 10.9 Å². The monoisotopic (exact) mass is 362 g/mol. The number of imidazole rings is 1. The van der Waals surface area contributed by atoms with Crippen molar-refractivity contribution in [3.8, 4) is 0 Å². The minimum absolute atomic E-state index is 0.143. The van der Waals surface area contributed by atoms with E-state index in [0.717, 1.165) is 5.75 Å². The van der Waals surface area contributed by atoms with E-state index in [0.29, 0.717) is 11.2 Å². The third-order valence-corrected chi connectivity index (χ3v) is 4.82. The second kappa shape index (κ2) is 8.22. The van der Waals surface area contributed by atoms with Crippen molar-refractivity contribution in [1.29, 1.82) is 0 Å². The molecule has 0 saturated carbocycles. The molecule has 0 aromatic carbocycles. The van der Waals surface area contributed by atoms with Crippen LogP contribution in [-0.2, 0) is 0 Å². The number of fused-ring (bicyclic) bond motifs is 1. The number of hydrogen-bond donors (Lipinski definition) is 4. The van der Waals surface area contributed by atoms with Crippen LogP contribution in [0.2, 0.25) is 5.15 Å². The van der Waals surface area contributed by atoms with Gasteiger partial charge < -0.3 is 25.0 Å². The number of aliphatic hydroxyl groups is 4. The van der Waals surface area contributed by atoms with Crippen LogP contribution in [0.25, 0.3) is 11.2 Å². The van der Waals surface area contributed by atoms with E-state index in [4.69, 9.17) is 16.7 Å². The smallest absolute Gasteiger partial charge is 0.165 e. The van der Waals surface area contributed by atoms with E-state index in [9.17, 15) is 15.3 Å². The van der Waals surface area contributed by atoms with Gasteiger partial charge in [0.2, 0.25) is 0 Å². The summed E-state index contributed by atoms with van der Waals surface area (Å²) in [6.07, 6.45) is -1.01. The lowest BCUT2D eigenvalue weighted by molar-refractivity contribution is -0.0793. The predicted molar refractivity (Wildman–Crippen MR) is 87.2 cm³/mol. The van der Waals surface area contributed by atoms with Gasteiger partial charge in [0.15, 0.2) is 10.8 Å². The molecule has 0 bridgehead atoms. The Hall–Kier alpha value is -0.970. The molecule has 2 aromatic rings. The first-order chi connectivity index (χ1) is 11.0. The average molecular weight is 363 g/mol. The molecule has 2 aromatic heterocycles. The van der Waals surface area contributed by atoms with Crippen LogP contribution in [0, 0.1) is 0 Å². The van der Waals surface area contributed by atoms with Gasteiger partial charge in [0.05, 0.1) is 24.4 Å². The molecule has 4 unspecified atom stereocenters. The number of aliphatic hydroxyl groups excluding tert-OH is 4. The third kappa shape index (κ3) is 4.11. The molecule has 23 heavy (non-hydrogen) atoms. The van der Waals surface area contributed by atoms with Gasteiger partial charge in [-0.15, -0.1) is 11.8 Å². The maximum absolute atomic E-state index is 10.1. The van der Waals surface area contributed by atoms with Crippen LogP contribution in [0.3, 0.4) is 0 Å². The Bertz CT molecular complexity index is 643. The highest BCUT2D eigenvalue weighted by molar-refractivity contribution is 7.99. The van der Waals surface area contributed by atoms with Crippen LogP contribution in [-0.4, -0.2) is 70.6 Å². The molecule has 128 valence electrons. The molecule has 2 heterocycles. The van der Waals surface area contributed by atoms with E-state index in [2.05, 4.69) is 15.0 Å². The summed E-state index contributed by atoms with van der Waals surface area (Å²) >= 11 is 7.51. The maximum atomic E-state index is 10.1. The maximum Gasteiger partial charge on any atom is 0.165 e. The van der Waals surface area contributed by atoms with E-state index in [-0.39, 0.29) is 16.9 Å². The number of thioether (sulfide) groups is 1. The van der Waals surface area contributed by atoms with Crippen LogP contribution in [0.4, 0.5) is 0 Å². The fourth-order valence-electron chi connectivity index (χ4n) is 2.20. The van der Waals surface area contributed by atoms with Crippen molar-refractivity contribution in [3.63, 3.8) is 0 Å². The molecule has 0 saturated heterocycles. The summed E-state index contributed by atoms with van der Waals surface area (Å²) in [5, 5.41) is 38.2. The zero-order valence-corrected chi connectivity index (χ0v) is 14.0. The Morgan fingerprint density at radius 3 is 2.61 bits per heavy atom. The van der Waals surface area contributed by atoms with Crippen LogP contribution in [0.15, 0.2) is 12.7 Å². The number of nitrogens with zero attached hydrogens (tertiary/aromatic N) is 4. The van der Waals surface area contributed by atoms with Gasteiger partial charge in [-0.05, 0) is 5.75 Å². The SMILES string of the molecule is CCSC(CC(O)C(O)C(O)CO)n1cnc2c(Cl)ncnc21. The fraction of sp³-hybridized carbons (Fsp3) is 0.615. The van der Waals surface area contributed by atoms with Crippen molar-refractivity contribution >= 4 is 34.5 Å². The van der Waals surface area contributed by atoms with Gasteiger partial charge in [-0.1, -0.05) is 18.5 Å². The summed E-state index contributed by atoms with van der Waals surface area (Å²) in [6, 6.07) is 0. The van der Waals surface area contributed by atoms with Crippen molar-refractivity contribution < 1.29 is 20.4 Å². The summed E-state index contributed by atoms with van der Waals surface area (Å²) in [5.74, 6) is 0.758. The fourth-order valence-corrected chi connectivity index (χ4v) is 3.41. The highest BCUT2D eigenvalue weighted by Gasteiger charge is 2.28. The molecule has 0 aliphatic rings. The van der Waals surface area contributed by atoms with Crippen molar-refractivity contribution in [2.75, 3.05) is 12.4 Å². The second-order valence-corrected chi connectivity index (χ2v) is 6.75. The molecule has 0 amide bonds. The van der Waals surface area contributed by atoms with Crippen molar-refractivity contribution in [3.05, 3.63) is 17.8 Å². The average Bonchev–Trinajstić information content (AvgIpc) is 2.98. The molecule has 4 N–H and O–H groups in total. The van der Waals surface area contributed by atoms with Gasteiger partial charge >= 0.3 is 0 Å². The highest BCUT2D eigenvalue weighted by Crippen LogP contribution is 2.32. The molecule has 4 atom stereocenters. The van der Waals surface area contributed by atoms with E-state index in [1.807, 2.05) is 6.92 Å². The molecule has 0 aliphatic heterocycles. The molecule has 2 rings (SSSR count). The van der Waals surface area contributed by atoms with Crippen LogP contribution in [0.5, 0.6) is 0 Å². The third-order valence-electron chi connectivity index (χ3n) is 3.40. The van der Waals surface area contributed by atoms with Crippen molar-refractivity contribution in [2.24, 2.45) is 0 Å². The van der Waals surface area contributed by atoms with Gasteiger partial charge in [0.25, 0.3) is 0 Å². The predicted octanol–water partition coefficient (Wildman–Crippen LogP) is 0.196. The summed E-state index contributed by atoms with van der Waals surface area (Å²) < 4.78 is 1.75. The summed E-state index contributed by atoms with van der Waals surface area (Å²) in [7, 11) is 0. The second-order valence-electron chi connectivity index (χ2n) is 4.94. The number of rotatable bonds is 8. The van der Waals surface area contributed by atoms with E-state index in [1.165, 1.54) is 18.1 Å². The molecule has 0 spiro atoms. The zero-order chi connectivity index (χ0) is 17.0. The van der Waals surface area contributed by atoms with Gasteiger partial charge in [0, 0.05) is 6.42 Å². The Balaban J connectivity index is 2.25. The zero-order valence-electron chi connectivity index (χ0n) is 12.4. The van der Waals surface area contributed by atoms with Crippen molar-refractivity contribution in [2.45, 2.75) is 37.0 Å². The largest absolute Gasteiger partial charge is 0.394 e. The molecular weight excluding hydrogens is 344 g/mol. The summed E-state index contributed by atoms with van der Waals surface area (Å²) in [6.45, 7) is 1.34. The van der Waals surface area contributed by atoms with Gasteiger partial charge in [-0.3, -0.25) is 0 Å². The Labute approximate surface area is 142 Å². The topological polar surface area (TPSA) is 125 Å². The summed E-state index contributed by atoms with van der Waals surface area (Å²) in [5.41, 5.74) is 0.988.